The first kappa shape index (κ1) is 13.5. The normalized spacial score (nSPS) is 21.3. The second-order valence-corrected chi connectivity index (χ2v) is 4.94. The van der Waals surface area contributed by atoms with Crippen molar-refractivity contribution in [2.24, 2.45) is 0 Å². The van der Waals surface area contributed by atoms with Crippen LogP contribution in [0.25, 0.3) is 0 Å². The van der Waals surface area contributed by atoms with Crippen LogP contribution in [-0.2, 0) is 11.3 Å². The van der Waals surface area contributed by atoms with Crippen LogP contribution in [0.3, 0.4) is 0 Å². The van der Waals surface area contributed by atoms with Gasteiger partial charge in [-0.1, -0.05) is 12.1 Å². The molecule has 2 rings (SSSR count). The first-order chi connectivity index (χ1) is 8.85. The highest BCUT2D eigenvalue weighted by Crippen LogP contribution is 2.23. The summed E-state index contributed by atoms with van der Waals surface area (Å²) in [7, 11) is 2.00. The quantitative estimate of drug-likeness (QED) is 0.805. The van der Waals surface area contributed by atoms with E-state index in [4.69, 9.17) is 4.74 Å². The van der Waals surface area contributed by atoms with Crippen LogP contribution in [0.15, 0.2) is 6.20 Å². The maximum atomic E-state index is 5.68. The van der Waals surface area contributed by atoms with Crippen LogP contribution in [0, 0.1) is 0 Å². The minimum Gasteiger partial charge on any atom is -0.378 e. The summed E-state index contributed by atoms with van der Waals surface area (Å²) in [5.41, 5.74) is 1.19. The predicted molar refractivity (Wildman–Crippen MR) is 70.3 cm³/mol. The Balaban J connectivity index is 1.91. The Morgan fingerprint density at radius 3 is 3.17 bits per heavy atom. The average molecular weight is 252 g/mol. The highest BCUT2D eigenvalue weighted by Gasteiger charge is 2.20. The first-order valence-corrected chi connectivity index (χ1v) is 7.02. The summed E-state index contributed by atoms with van der Waals surface area (Å²) in [5.74, 6) is 0. The lowest BCUT2D eigenvalue weighted by molar-refractivity contribution is 0.0995. The van der Waals surface area contributed by atoms with Crippen molar-refractivity contribution < 1.29 is 4.74 Å². The molecule has 1 aromatic heterocycles. The molecule has 2 unspecified atom stereocenters. The second-order valence-electron chi connectivity index (χ2n) is 4.94. The van der Waals surface area contributed by atoms with Gasteiger partial charge in [-0.25, -0.2) is 4.68 Å². The lowest BCUT2D eigenvalue weighted by atomic mass is 10.0. The van der Waals surface area contributed by atoms with E-state index in [0.29, 0.717) is 12.1 Å². The molecule has 0 bridgehead atoms. The minimum atomic E-state index is 0.329. The summed E-state index contributed by atoms with van der Waals surface area (Å²) >= 11 is 0. The van der Waals surface area contributed by atoms with E-state index < -0.39 is 0 Å². The van der Waals surface area contributed by atoms with Crippen molar-refractivity contribution in [2.75, 3.05) is 13.7 Å². The fourth-order valence-corrected chi connectivity index (χ4v) is 2.59. The Morgan fingerprint density at radius 1 is 1.61 bits per heavy atom. The number of ether oxygens (including phenoxy) is 1. The molecule has 1 fully saturated rings. The molecule has 1 aliphatic heterocycles. The highest BCUT2D eigenvalue weighted by atomic mass is 16.5. The second kappa shape index (κ2) is 6.85. The third-order valence-corrected chi connectivity index (χ3v) is 3.59. The fourth-order valence-electron chi connectivity index (χ4n) is 2.59. The van der Waals surface area contributed by atoms with Crippen molar-refractivity contribution in [1.82, 2.24) is 20.3 Å². The summed E-state index contributed by atoms with van der Waals surface area (Å²) in [6.07, 6.45) is 8.04. The summed E-state index contributed by atoms with van der Waals surface area (Å²) < 4.78 is 7.69. The molecule has 102 valence electrons. The lowest BCUT2D eigenvalue weighted by Gasteiger charge is -2.18. The molecule has 1 N–H and O–H groups in total. The number of aromatic nitrogens is 3. The molecule has 1 saturated heterocycles. The van der Waals surface area contributed by atoms with E-state index >= 15 is 0 Å². The van der Waals surface area contributed by atoms with Crippen molar-refractivity contribution >= 4 is 0 Å². The Hall–Kier alpha value is -0.940. The van der Waals surface area contributed by atoms with Gasteiger partial charge in [-0.15, -0.1) is 5.10 Å². The van der Waals surface area contributed by atoms with Gasteiger partial charge in [0, 0.05) is 13.2 Å². The maximum Gasteiger partial charge on any atom is 0.0756 e. The van der Waals surface area contributed by atoms with Crippen LogP contribution < -0.4 is 5.32 Å². The predicted octanol–water partition coefficient (Wildman–Crippen LogP) is 1.91. The summed E-state index contributed by atoms with van der Waals surface area (Å²) in [6.45, 7) is 4.03. The van der Waals surface area contributed by atoms with E-state index in [1.165, 1.54) is 18.5 Å². The standard InChI is InChI=1S/C13H24N4O/c1-3-8-17-13(10-15-16-17)12(14-2)7-6-11-5-4-9-18-11/h10-12,14H,3-9H2,1-2H3. The Labute approximate surface area is 109 Å². The molecule has 1 aromatic rings. The van der Waals surface area contributed by atoms with E-state index in [1.54, 1.807) is 0 Å². The third kappa shape index (κ3) is 3.29. The van der Waals surface area contributed by atoms with Gasteiger partial charge in [0.1, 0.15) is 0 Å². The van der Waals surface area contributed by atoms with Gasteiger partial charge < -0.3 is 10.1 Å². The van der Waals surface area contributed by atoms with Crippen molar-refractivity contribution in [3.8, 4) is 0 Å². The first-order valence-electron chi connectivity index (χ1n) is 7.02. The van der Waals surface area contributed by atoms with E-state index in [2.05, 4.69) is 22.6 Å². The molecule has 0 saturated carbocycles. The zero-order valence-electron chi connectivity index (χ0n) is 11.4. The number of hydrogen-bond acceptors (Lipinski definition) is 4. The van der Waals surface area contributed by atoms with Crippen molar-refractivity contribution in [1.29, 1.82) is 0 Å². The molecule has 0 aliphatic carbocycles. The topological polar surface area (TPSA) is 52.0 Å². The van der Waals surface area contributed by atoms with Crippen molar-refractivity contribution in [3.05, 3.63) is 11.9 Å². The van der Waals surface area contributed by atoms with Gasteiger partial charge in [-0.2, -0.15) is 0 Å². The molecule has 0 amide bonds. The largest absolute Gasteiger partial charge is 0.378 e. The number of nitrogens with one attached hydrogen (secondary N) is 1. The van der Waals surface area contributed by atoms with Gasteiger partial charge in [0.25, 0.3) is 0 Å². The Morgan fingerprint density at radius 2 is 2.50 bits per heavy atom. The summed E-state index contributed by atoms with van der Waals surface area (Å²) in [5, 5.41) is 11.6. The maximum absolute atomic E-state index is 5.68. The van der Waals surface area contributed by atoms with Gasteiger partial charge in [0.05, 0.1) is 24.0 Å². The van der Waals surface area contributed by atoms with Crippen LogP contribution in [0.4, 0.5) is 0 Å². The van der Waals surface area contributed by atoms with Crippen LogP contribution in [0.5, 0.6) is 0 Å². The fraction of sp³-hybridized carbons (Fsp3) is 0.846. The SMILES string of the molecule is CCCn1nncc1C(CCC1CCCO1)NC. The van der Waals surface area contributed by atoms with E-state index in [0.717, 1.165) is 32.4 Å². The summed E-state index contributed by atoms with van der Waals surface area (Å²) in [4.78, 5) is 0. The molecule has 5 heteroatoms. The van der Waals surface area contributed by atoms with Crippen molar-refractivity contribution in [2.45, 2.75) is 57.7 Å². The van der Waals surface area contributed by atoms with Crippen LogP contribution >= 0.6 is 0 Å². The molecular formula is C13H24N4O. The molecule has 2 heterocycles. The zero-order chi connectivity index (χ0) is 12.8. The Kier molecular flexibility index (Phi) is 5.13. The van der Waals surface area contributed by atoms with Gasteiger partial charge in [-0.3, -0.25) is 0 Å². The number of hydrogen-bond donors (Lipinski definition) is 1. The van der Waals surface area contributed by atoms with Gasteiger partial charge in [-0.05, 0) is 39.2 Å². The molecule has 5 nitrogen and oxygen atoms in total. The number of nitrogens with zero attached hydrogens (tertiary/aromatic N) is 3. The molecule has 0 aromatic carbocycles. The third-order valence-electron chi connectivity index (χ3n) is 3.59. The molecule has 2 atom stereocenters. The Bertz CT molecular complexity index is 347. The van der Waals surface area contributed by atoms with Crippen LogP contribution in [0.1, 0.15) is 50.8 Å². The number of rotatable bonds is 7. The van der Waals surface area contributed by atoms with E-state index in [9.17, 15) is 0 Å². The molecular weight excluding hydrogens is 228 g/mol. The lowest BCUT2D eigenvalue weighted by Crippen LogP contribution is -2.22. The van der Waals surface area contributed by atoms with Gasteiger partial charge in [0.15, 0.2) is 0 Å². The number of aryl methyl sites for hydroxylation is 1. The summed E-state index contributed by atoms with van der Waals surface area (Å²) in [6, 6.07) is 0.329. The minimum absolute atomic E-state index is 0.329. The van der Waals surface area contributed by atoms with Crippen LogP contribution in [-0.4, -0.2) is 34.8 Å². The van der Waals surface area contributed by atoms with Crippen LogP contribution in [0.2, 0.25) is 0 Å². The van der Waals surface area contributed by atoms with Crippen molar-refractivity contribution in [3.63, 3.8) is 0 Å². The average Bonchev–Trinajstić information content (AvgIpc) is 3.02. The van der Waals surface area contributed by atoms with E-state index in [-0.39, 0.29) is 0 Å². The zero-order valence-corrected chi connectivity index (χ0v) is 11.4. The van der Waals surface area contributed by atoms with E-state index in [1.807, 2.05) is 17.9 Å². The van der Waals surface area contributed by atoms with Gasteiger partial charge >= 0.3 is 0 Å². The molecule has 0 radical (unpaired) electrons. The van der Waals surface area contributed by atoms with Gasteiger partial charge in [0.2, 0.25) is 0 Å². The molecule has 18 heavy (non-hydrogen) atoms. The molecule has 1 aliphatic rings. The highest BCUT2D eigenvalue weighted by molar-refractivity contribution is 5.02. The molecule has 0 spiro atoms. The smallest absolute Gasteiger partial charge is 0.0756 e. The monoisotopic (exact) mass is 252 g/mol.